The summed E-state index contributed by atoms with van der Waals surface area (Å²) in [6.07, 6.45) is 3.06. The summed E-state index contributed by atoms with van der Waals surface area (Å²) in [4.78, 5) is 22.1. The molecule has 0 aliphatic carbocycles. The number of halogens is 1. The molecule has 8 heteroatoms. The average molecular weight is 374 g/mol. The monoisotopic (exact) mass is 373 g/mol. The van der Waals surface area contributed by atoms with Crippen LogP contribution in [0.1, 0.15) is 39.2 Å². The minimum atomic E-state index is -1.33. The first kappa shape index (κ1) is 19.1. The van der Waals surface area contributed by atoms with Gasteiger partial charge in [-0.25, -0.2) is 14.8 Å². The van der Waals surface area contributed by atoms with E-state index in [1.807, 2.05) is 20.8 Å². The quantitative estimate of drug-likeness (QED) is 0.601. The molecule has 134 valence electrons. The largest absolute Gasteiger partial charge is 0.444 e. The molecule has 0 spiro atoms. The standard InChI is InChI=1S/C16H24ClN3O3S/c1-11-8-18-14(19-13(11)17)24(22)10-12-6-5-7-20(9-12)15(21)23-16(2,3)4/h8,12H,5-7,9-10H2,1-4H3/t12-,24-/m1/s1. The van der Waals surface area contributed by atoms with Crippen molar-refractivity contribution >= 4 is 28.5 Å². The number of amides is 1. The first-order chi connectivity index (χ1) is 11.2. The van der Waals surface area contributed by atoms with E-state index >= 15 is 0 Å². The van der Waals surface area contributed by atoms with Crippen LogP contribution in [0, 0.1) is 12.8 Å². The molecule has 6 nitrogen and oxygen atoms in total. The highest BCUT2D eigenvalue weighted by Gasteiger charge is 2.29. The number of likely N-dealkylation sites (tertiary alicyclic amines) is 1. The maximum absolute atomic E-state index is 12.5. The molecule has 1 aromatic heterocycles. The highest BCUT2D eigenvalue weighted by Crippen LogP contribution is 2.21. The molecule has 2 rings (SSSR count). The number of piperidine rings is 1. The van der Waals surface area contributed by atoms with E-state index in [0.717, 1.165) is 18.4 Å². The van der Waals surface area contributed by atoms with Crippen molar-refractivity contribution in [3.05, 3.63) is 16.9 Å². The van der Waals surface area contributed by atoms with Crippen molar-refractivity contribution in [3.8, 4) is 0 Å². The highest BCUT2D eigenvalue weighted by atomic mass is 35.5. The van der Waals surface area contributed by atoms with E-state index in [-0.39, 0.29) is 17.2 Å². The van der Waals surface area contributed by atoms with Crippen LogP contribution in [-0.2, 0) is 15.5 Å². The third kappa shape index (κ3) is 5.41. The van der Waals surface area contributed by atoms with Crippen LogP contribution in [0.5, 0.6) is 0 Å². The SMILES string of the molecule is Cc1cnc([S@](=O)C[C@@H]2CCCN(C(=O)OC(C)(C)C)C2)nc1Cl. The van der Waals surface area contributed by atoms with Crippen LogP contribution >= 0.6 is 11.6 Å². The predicted octanol–water partition coefficient (Wildman–Crippen LogP) is 3.19. The number of nitrogens with zero attached hydrogens (tertiary/aromatic N) is 3. The number of hydrogen-bond donors (Lipinski definition) is 0. The number of carbonyl (C=O) groups is 1. The Morgan fingerprint density at radius 1 is 1.50 bits per heavy atom. The summed E-state index contributed by atoms with van der Waals surface area (Å²) < 4.78 is 17.9. The molecule has 2 atom stereocenters. The number of ether oxygens (including phenoxy) is 1. The predicted molar refractivity (Wildman–Crippen MR) is 93.6 cm³/mol. The summed E-state index contributed by atoms with van der Waals surface area (Å²) in [5.74, 6) is 0.550. The van der Waals surface area contributed by atoms with Gasteiger partial charge in [0.25, 0.3) is 0 Å². The zero-order valence-electron chi connectivity index (χ0n) is 14.5. The molecular weight excluding hydrogens is 350 g/mol. The molecule has 0 radical (unpaired) electrons. The lowest BCUT2D eigenvalue weighted by atomic mass is 10.0. The number of rotatable bonds is 3. The van der Waals surface area contributed by atoms with Gasteiger partial charge in [-0.2, -0.15) is 0 Å². The van der Waals surface area contributed by atoms with Gasteiger partial charge in [0.1, 0.15) is 10.8 Å². The van der Waals surface area contributed by atoms with Crippen molar-refractivity contribution in [2.24, 2.45) is 5.92 Å². The van der Waals surface area contributed by atoms with Gasteiger partial charge in [-0.15, -0.1) is 0 Å². The van der Waals surface area contributed by atoms with Crippen LogP contribution in [0.25, 0.3) is 0 Å². The van der Waals surface area contributed by atoms with Crippen LogP contribution in [0.4, 0.5) is 4.79 Å². The molecule has 1 amide bonds. The summed E-state index contributed by atoms with van der Waals surface area (Å²) in [6.45, 7) is 8.56. The topological polar surface area (TPSA) is 72.4 Å². The Balaban J connectivity index is 1.96. The van der Waals surface area contributed by atoms with E-state index < -0.39 is 16.4 Å². The first-order valence-electron chi connectivity index (χ1n) is 8.01. The summed E-state index contributed by atoms with van der Waals surface area (Å²) in [5, 5.41) is 0.576. The Bertz CT molecular complexity index is 633. The molecule has 1 aliphatic rings. The average Bonchev–Trinajstić information content (AvgIpc) is 2.48. The maximum Gasteiger partial charge on any atom is 0.410 e. The van der Waals surface area contributed by atoms with Gasteiger partial charge in [-0.3, -0.25) is 4.21 Å². The molecule has 0 saturated carbocycles. The number of hydrogen-bond acceptors (Lipinski definition) is 5. The Morgan fingerprint density at radius 3 is 2.83 bits per heavy atom. The Labute approximate surface area is 150 Å². The molecule has 2 heterocycles. The molecule has 1 fully saturated rings. The van der Waals surface area contributed by atoms with Crippen molar-refractivity contribution < 1.29 is 13.7 Å². The molecule has 24 heavy (non-hydrogen) atoms. The molecule has 0 unspecified atom stereocenters. The van der Waals surface area contributed by atoms with E-state index in [1.54, 1.807) is 18.0 Å². The number of aromatic nitrogens is 2. The zero-order valence-corrected chi connectivity index (χ0v) is 16.1. The molecule has 0 bridgehead atoms. The smallest absolute Gasteiger partial charge is 0.410 e. The van der Waals surface area contributed by atoms with E-state index in [2.05, 4.69) is 9.97 Å². The van der Waals surface area contributed by atoms with E-state index in [9.17, 15) is 9.00 Å². The number of carbonyl (C=O) groups excluding carboxylic acids is 1. The van der Waals surface area contributed by atoms with Gasteiger partial charge in [0, 0.05) is 30.6 Å². The fourth-order valence-corrected chi connectivity index (χ4v) is 3.89. The van der Waals surface area contributed by atoms with Crippen LogP contribution in [-0.4, -0.2) is 49.6 Å². The van der Waals surface area contributed by atoms with Gasteiger partial charge in [0.15, 0.2) is 0 Å². The lowest BCUT2D eigenvalue weighted by Crippen LogP contribution is -2.44. The number of aryl methyl sites for hydroxylation is 1. The zero-order chi connectivity index (χ0) is 17.9. The molecule has 0 N–H and O–H groups in total. The maximum atomic E-state index is 12.5. The second kappa shape index (κ2) is 7.78. The third-order valence-electron chi connectivity index (χ3n) is 3.65. The fourth-order valence-electron chi connectivity index (χ4n) is 2.50. The van der Waals surface area contributed by atoms with Crippen molar-refractivity contribution in [3.63, 3.8) is 0 Å². The van der Waals surface area contributed by atoms with Gasteiger partial charge in [0.05, 0.1) is 10.8 Å². The highest BCUT2D eigenvalue weighted by molar-refractivity contribution is 7.84. The van der Waals surface area contributed by atoms with Crippen LogP contribution < -0.4 is 0 Å². The molecule has 1 aliphatic heterocycles. The van der Waals surface area contributed by atoms with Crippen LogP contribution in [0.15, 0.2) is 11.4 Å². The normalized spacial score (nSPS) is 19.9. The third-order valence-corrected chi connectivity index (χ3v) is 5.41. The van der Waals surface area contributed by atoms with E-state index in [4.69, 9.17) is 16.3 Å². The first-order valence-corrected chi connectivity index (χ1v) is 9.71. The minimum Gasteiger partial charge on any atom is -0.444 e. The molecule has 1 saturated heterocycles. The second-order valence-electron chi connectivity index (χ2n) is 7.07. The Kier molecular flexibility index (Phi) is 6.20. The van der Waals surface area contributed by atoms with Gasteiger partial charge in [-0.05, 0) is 46.5 Å². The van der Waals surface area contributed by atoms with Gasteiger partial charge >= 0.3 is 6.09 Å². The van der Waals surface area contributed by atoms with Crippen molar-refractivity contribution in [1.29, 1.82) is 0 Å². The van der Waals surface area contributed by atoms with Gasteiger partial charge in [0.2, 0.25) is 5.16 Å². The molecule has 0 aromatic carbocycles. The Hall–Kier alpha value is -1.21. The van der Waals surface area contributed by atoms with Crippen molar-refractivity contribution in [1.82, 2.24) is 14.9 Å². The van der Waals surface area contributed by atoms with Crippen molar-refractivity contribution in [2.45, 2.75) is 51.3 Å². The lowest BCUT2D eigenvalue weighted by molar-refractivity contribution is 0.0176. The minimum absolute atomic E-state index is 0.135. The second-order valence-corrected chi connectivity index (χ2v) is 8.82. The summed E-state index contributed by atoms with van der Waals surface area (Å²) >= 11 is 5.97. The van der Waals surface area contributed by atoms with Crippen molar-refractivity contribution in [2.75, 3.05) is 18.8 Å². The van der Waals surface area contributed by atoms with E-state index in [0.29, 0.717) is 24.0 Å². The summed E-state index contributed by atoms with van der Waals surface area (Å²) in [7, 11) is -1.33. The van der Waals surface area contributed by atoms with Crippen LogP contribution in [0.3, 0.4) is 0 Å². The molecule has 1 aromatic rings. The fraction of sp³-hybridized carbons (Fsp3) is 0.688. The molecular formula is C16H24ClN3O3S. The van der Waals surface area contributed by atoms with E-state index in [1.165, 1.54) is 0 Å². The Morgan fingerprint density at radius 2 is 2.21 bits per heavy atom. The summed E-state index contributed by atoms with van der Waals surface area (Å²) in [6, 6.07) is 0. The lowest BCUT2D eigenvalue weighted by Gasteiger charge is -2.33. The summed E-state index contributed by atoms with van der Waals surface area (Å²) in [5.41, 5.74) is 0.241. The van der Waals surface area contributed by atoms with Crippen LogP contribution in [0.2, 0.25) is 5.15 Å². The van der Waals surface area contributed by atoms with Gasteiger partial charge < -0.3 is 9.64 Å². The van der Waals surface area contributed by atoms with Gasteiger partial charge in [-0.1, -0.05) is 11.6 Å².